The fourth-order valence-electron chi connectivity index (χ4n) is 9.23. The van der Waals surface area contributed by atoms with Crippen molar-refractivity contribution >= 4 is 28.6 Å². The minimum absolute atomic E-state index is 0.0261. The van der Waals surface area contributed by atoms with Crippen molar-refractivity contribution in [1.29, 1.82) is 0 Å². The molecule has 0 saturated heterocycles. The monoisotopic (exact) mass is 1160 g/mol. The number of methoxy groups -OCH3 is 2. The van der Waals surface area contributed by atoms with Crippen LogP contribution in [0.4, 0.5) is 26.3 Å². The third-order valence-corrected chi connectivity index (χ3v) is 13.2. The number of para-hydroxylation sites is 2. The van der Waals surface area contributed by atoms with Crippen LogP contribution in [0.2, 0.25) is 0 Å². The van der Waals surface area contributed by atoms with Gasteiger partial charge >= 0.3 is 5.97 Å². The Morgan fingerprint density at radius 1 is 0.477 bits per heavy atom. The Kier molecular flexibility index (Phi) is 17.1. The van der Waals surface area contributed by atoms with Crippen molar-refractivity contribution in [3.05, 3.63) is 295 Å². The second kappa shape index (κ2) is 25.4. The Morgan fingerprint density at radius 2 is 0.977 bits per heavy atom. The van der Waals surface area contributed by atoms with Crippen LogP contribution in [0.1, 0.15) is 27.2 Å². The second-order valence-corrected chi connectivity index (χ2v) is 18.6. The molecule has 14 nitrogen and oxygen atoms in total. The van der Waals surface area contributed by atoms with Gasteiger partial charge in [-0.2, -0.15) is 5.10 Å². The van der Waals surface area contributed by atoms with Crippen molar-refractivity contribution in [2.24, 2.45) is 0 Å². The molecule has 0 N–H and O–H groups in total. The van der Waals surface area contributed by atoms with Gasteiger partial charge in [0.2, 0.25) is 11.8 Å². The molecule has 0 aliphatic carbocycles. The molecule has 86 heavy (non-hydrogen) atoms. The minimum Gasteiger partial charge on any atom is -0.493 e. The van der Waals surface area contributed by atoms with Crippen LogP contribution in [0.3, 0.4) is 0 Å². The van der Waals surface area contributed by atoms with Gasteiger partial charge < -0.3 is 18.9 Å². The van der Waals surface area contributed by atoms with Gasteiger partial charge in [-0.3, -0.25) is 14.4 Å². The van der Waals surface area contributed by atoms with Gasteiger partial charge in [0.15, 0.2) is 39.4 Å². The lowest BCUT2D eigenvalue weighted by molar-refractivity contribution is 0.0600. The fraction of sp³-hybridized carbons (Fsp3) is 0.0455. The first kappa shape index (κ1) is 57.8. The predicted octanol–water partition coefficient (Wildman–Crippen LogP) is 13.5. The van der Waals surface area contributed by atoms with Crippen LogP contribution in [0.15, 0.2) is 222 Å². The summed E-state index contributed by atoms with van der Waals surface area (Å²) in [7, 11) is 2.79. The van der Waals surface area contributed by atoms with Crippen molar-refractivity contribution in [3.8, 4) is 62.4 Å². The van der Waals surface area contributed by atoms with Gasteiger partial charge in [-0.1, -0.05) is 73.3 Å². The first-order chi connectivity index (χ1) is 41.6. The molecule has 6 heterocycles. The third kappa shape index (κ3) is 12.3. The number of hydrogen-bond donors (Lipinski definition) is 0. The highest BCUT2D eigenvalue weighted by atomic mass is 19.2. The maximum Gasteiger partial charge on any atom is 0.337 e. The molecule has 12 aromatic rings. The van der Waals surface area contributed by atoms with Gasteiger partial charge in [0.1, 0.15) is 29.1 Å². The van der Waals surface area contributed by atoms with Crippen LogP contribution in [0, 0.1) is 34.9 Å². The van der Waals surface area contributed by atoms with E-state index in [1.165, 1.54) is 94.9 Å². The van der Waals surface area contributed by atoms with Crippen LogP contribution < -0.4 is 30.5 Å². The zero-order chi connectivity index (χ0) is 60.6. The maximum atomic E-state index is 14.2. The van der Waals surface area contributed by atoms with Gasteiger partial charge in [-0.05, 0) is 102 Å². The zero-order valence-electron chi connectivity index (χ0n) is 45.3. The van der Waals surface area contributed by atoms with E-state index >= 15 is 0 Å². The number of ether oxygens (including phenoxy) is 4. The zero-order valence-corrected chi connectivity index (χ0v) is 45.3. The summed E-state index contributed by atoms with van der Waals surface area (Å²) in [6.07, 6.45) is 6.55. The molecule has 428 valence electrons. The lowest BCUT2D eigenvalue weighted by Gasteiger charge is -2.12. The summed E-state index contributed by atoms with van der Waals surface area (Å²) in [4.78, 5) is 49.5. The summed E-state index contributed by atoms with van der Waals surface area (Å²) in [5.74, 6) is -4.29. The van der Waals surface area contributed by atoms with Crippen LogP contribution in [0.25, 0.3) is 56.0 Å². The number of aromatic nitrogens is 6. The molecule has 0 saturated carbocycles. The number of hydrogen-bond acceptors (Lipinski definition) is 11. The summed E-state index contributed by atoms with van der Waals surface area (Å²) in [5, 5.41) is 13.0. The van der Waals surface area contributed by atoms with E-state index in [1.54, 1.807) is 66.7 Å². The van der Waals surface area contributed by atoms with Crippen LogP contribution in [0.5, 0.6) is 29.0 Å². The third-order valence-electron chi connectivity index (χ3n) is 13.2. The van der Waals surface area contributed by atoms with E-state index in [2.05, 4.69) is 21.9 Å². The highest BCUT2D eigenvalue weighted by Crippen LogP contribution is 2.34. The van der Waals surface area contributed by atoms with E-state index in [4.69, 9.17) is 18.9 Å². The van der Waals surface area contributed by atoms with Crippen LogP contribution >= 0.6 is 0 Å². The summed E-state index contributed by atoms with van der Waals surface area (Å²) in [6.45, 7) is 3.77. The Morgan fingerprint density at radius 3 is 1.51 bits per heavy atom. The number of halogens is 6. The first-order valence-electron chi connectivity index (χ1n) is 25.9. The largest absolute Gasteiger partial charge is 0.493 e. The van der Waals surface area contributed by atoms with E-state index < -0.39 is 51.7 Å². The van der Waals surface area contributed by atoms with E-state index in [9.17, 15) is 45.5 Å². The molecule has 12 rings (SSSR count). The molecule has 0 aliphatic rings. The lowest BCUT2D eigenvalue weighted by atomic mass is 9.96. The first-order valence-corrected chi connectivity index (χ1v) is 25.9. The van der Waals surface area contributed by atoms with Crippen molar-refractivity contribution in [2.75, 3.05) is 14.2 Å². The molecule has 0 unspecified atom stereocenters. The van der Waals surface area contributed by atoms with Crippen molar-refractivity contribution < 1.29 is 50.1 Å². The predicted molar refractivity (Wildman–Crippen MR) is 311 cm³/mol. The molecule has 20 heteroatoms. The molecule has 0 aliphatic heterocycles. The topological polar surface area (TPSA) is 157 Å². The van der Waals surface area contributed by atoms with Crippen molar-refractivity contribution in [3.63, 3.8) is 0 Å². The number of pyridine rings is 3. The molecular formula is C66H44F6N6O8. The Balaban J connectivity index is 0.000000144. The van der Waals surface area contributed by atoms with E-state index in [0.717, 1.165) is 47.7 Å². The molecule has 0 bridgehead atoms. The van der Waals surface area contributed by atoms with E-state index in [1.807, 2.05) is 30.3 Å². The van der Waals surface area contributed by atoms with Crippen LogP contribution in [-0.2, 0) is 11.2 Å². The number of benzene rings is 6. The van der Waals surface area contributed by atoms with Crippen molar-refractivity contribution in [1.82, 2.24) is 28.8 Å². The SMILES string of the molecule is C=Cc1ccc(C(=O)OC)cc1-c1c(=O)ccn2nc(Oc3ccc(F)cc3F)ccc12.COc1ccccc1Oc1ccc2c(-c3c(F)cccc3F)c(=O)ccn2n1.O=c1ccn2nc(Cc3ccccc3)ccc2c1-c1c(F)cccc1F. The molecule has 6 aromatic heterocycles. The molecule has 0 radical (unpaired) electrons. The second-order valence-electron chi connectivity index (χ2n) is 18.6. The number of carbonyl (C=O) groups excluding carboxylic acids is 1. The number of rotatable bonds is 12. The highest BCUT2D eigenvalue weighted by Gasteiger charge is 2.21. The van der Waals surface area contributed by atoms with Gasteiger partial charge in [0.25, 0.3) is 0 Å². The smallest absolute Gasteiger partial charge is 0.337 e. The van der Waals surface area contributed by atoms with Gasteiger partial charge in [0.05, 0.1) is 69.8 Å². The molecular weight excluding hydrogens is 1120 g/mol. The normalized spacial score (nSPS) is 10.8. The van der Waals surface area contributed by atoms with Gasteiger partial charge in [0, 0.05) is 61.4 Å². The fourth-order valence-corrected chi connectivity index (χ4v) is 9.23. The molecule has 0 fully saturated rings. The summed E-state index contributed by atoms with van der Waals surface area (Å²) in [6, 6.07) is 44.9. The Hall–Kier alpha value is -11.4. The average molecular weight is 1160 g/mol. The number of nitrogens with zero attached hydrogens (tertiary/aromatic N) is 6. The van der Waals surface area contributed by atoms with Gasteiger partial charge in [-0.15, -0.1) is 10.2 Å². The standard InChI is InChI=1S/C24H16F2N2O4.C21H14F2N2O3.C21H14F2N2O/c1-3-14-4-5-15(24(30)31-2)12-17(14)23-19-7-9-22(27-28(19)11-10-20(23)29)32-21-8-6-16(25)13-18(21)26;1-27-17-7-2-3-8-18(17)28-19-10-9-15-21(16(26)11-12-25(15)24-19)20-13(22)5-4-6-14(20)23;22-16-7-4-8-17(23)20(16)21-18-10-9-15(13-14-5-2-1-3-6-14)24-25(18)12-11-19(21)26/h3-13H,1H2,2H3;2-12H,1H3;1-12H,13H2. The Bertz CT molecular complexity index is 4730. The summed E-state index contributed by atoms with van der Waals surface area (Å²) >= 11 is 0. The number of carbonyl (C=O) groups is 1. The average Bonchev–Trinajstić information content (AvgIpc) is 1.68. The molecule has 0 amide bonds. The summed E-state index contributed by atoms with van der Waals surface area (Å²) < 4.78 is 109. The van der Waals surface area contributed by atoms with E-state index in [0.29, 0.717) is 51.7 Å². The lowest BCUT2D eigenvalue weighted by Crippen LogP contribution is -2.11. The number of esters is 1. The van der Waals surface area contributed by atoms with Crippen LogP contribution in [-0.4, -0.2) is 49.0 Å². The molecule has 0 spiro atoms. The Labute approximate surface area is 483 Å². The number of fused-ring (bicyclic) bond motifs is 3. The van der Waals surface area contributed by atoms with E-state index in [-0.39, 0.29) is 56.3 Å². The summed E-state index contributed by atoms with van der Waals surface area (Å²) in [5.41, 5.74) is 2.50. The highest BCUT2D eigenvalue weighted by molar-refractivity contribution is 5.94. The van der Waals surface area contributed by atoms with Crippen molar-refractivity contribution in [2.45, 2.75) is 6.42 Å². The quantitative estimate of drug-likeness (QED) is 0.0847. The minimum atomic E-state index is -0.872. The molecule has 6 aromatic carbocycles. The van der Waals surface area contributed by atoms with Gasteiger partial charge in [-0.25, -0.2) is 44.7 Å². The molecule has 0 atom stereocenters. The maximum absolute atomic E-state index is 14.2.